The van der Waals surface area contributed by atoms with E-state index in [4.69, 9.17) is 30.5 Å². The zero-order chi connectivity index (χ0) is 24.5. The number of anilines is 1. The van der Waals surface area contributed by atoms with E-state index in [1.165, 1.54) is 21.3 Å². The van der Waals surface area contributed by atoms with Gasteiger partial charge in [-0.2, -0.15) is 5.10 Å². The second-order valence-corrected chi connectivity index (χ2v) is 7.62. The summed E-state index contributed by atoms with van der Waals surface area (Å²) in [6, 6.07) is 12.6. The Morgan fingerprint density at radius 2 is 1.74 bits per heavy atom. The molecule has 0 aliphatic rings. The van der Waals surface area contributed by atoms with Crippen molar-refractivity contribution in [2.45, 2.75) is 19.4 Å². The van der Waals surface area contributed by atoms with Crippen molar-refractivity contribution in [2.75, 3.05) is 33.3 Å². The number of rotatable bonds is 11. The molecule has 3 aromatic rings. The number of carbonyl (C=O) groups excluding carboxylic acids is 2. The van der Waals surface area contributed by atoms with Crippen LogP contribution in [0.25, 0.3) is 0 Å². The summed E-state index contributed by atoms with van der Waals surface area (Å²) in [7, 11) is 4.56. The number of nitrogens with zero attached hydrogens (tertiary/aromatic N) is 2. The monoisotopic (exact) mass is 487 g/mol. The maximum absolute atomic E-state index is 12.3. The number of hydrogen-bond acceptors (Lipinski definition) is 7. The quantitative estimate of drug-likeness (QED) is 0.411. The number of amides is 1. The number of halogens is 1. The van der Waals surface area contributed by atoms with Crippen LogP contribution in [0.5, 0.6) is 17.2 Å². The smallest absolute Gasteiger partial charge is 0.306 e. The molecule has 0 unspecified atom stereocenters. The van der Waals surface area contributed by atoms with Gasteiger partial charge in [-0.1, -0.05) is 29.8 Å². The summed E-state index contributed by atoms with van der Waals surface area (Å²) in [4.78, 5) is 24.5. The lowest BCUT2D eigenvalue weighted by Crippen LogP contribution is -2.23. The summed E-state index contributed by atoms with van der Waals surface area (Å²) in [6.45, 7) is -0.0256. The van der Waals surface area contributed by atoms with E-state index in [9.17, 15) is 9.59 Å². The van der Waals surface area contributed by atoms with Gasteiger partial charge in [-0.05, 0) is 35.7 Å². The van der Waals surface area contributed by atoms with Gasteiger partial charge in [-0.15, -0.1) is 0 Å². The number of carbonyl (C=O) groups is 2. The zero-order valence-corrected chi connectivity index (χ0v) is 19.9. The average Bonchev–Trinajstić information content (AvgIpc) is 3.28. The van der Waals surface area contributed by atoms with Gasteiger partial charge in [0.2, 0.25) is 5.75 Å². The first-order valence-corrected chi connectivity index (χ1v) is 10.8. The van der Waals surface area contributed by atoms with E-state index in [0.717, 1.165) is 11.1 Å². The fourth-order valence-electron chi connectivity index (χ4n) is 3.28. The minimum Gasteiger partial charge on any atom is -0.493 e. The molecule has 10 heteroatoms. The molecule has 34 heavy (non-hydrogen) atoms. The van der Waals surface area contributed by atoms with E-state index in [1.54, 1.807) is 35.1 Å². The van der Waals surface area contributed by atoms with Crippen LogP contribution in [-0.2, 0) is 27.3 Å². The fourth-order valence-corrected chi connectivity index (χ4v) is 3.47. The van der Waals surface area contributed by atoms with Crippen LogP contribution in [0.15, 0.2) is 48.7 Å². The highest BCUT2D eigenvalue weighted by Gasteiger charge is 2.15. The molecular weight excluding hydrogens is 462 g/mol. The Labute approximate surface area is 202 Å². The maximum Gasteiger partial charge on any atom is 0.306 e. The van der Waals surface area contributed by atoms with Gasteiger partial charge in [-0.25, -0.2) is 4.68 Å². The Morgan fingerprint density at radius 3 is 2.38 bits per heavy atom. The largest absolute Gasteiger partial charge is 0.493 e. The molecule has 180 valence electrons. The summed E-state index contributed by atoms with van der Waals surface area (Å²) < 4.78 is 22.7. The van der Waals surface area contributed by atoms with E-state index in [2.05, 4.69) is 10.4 Å². The normalized spacial score (nSPS) is 10.5. The van der Waals surface area contributed by atoms with Crippen LogP contribution < -0.4 is 19.5 Å². The van der Waals surface area contributed by atoms with Gasteiger partial charge in [0.15, 0.2) is 18.1 Å². The fraction of sp³-hybridized carbons (Fsp3) is 0.292. The first-order valence-electron chi connectivity index (χ1n) is 10.4. The molecule has 2 aromatic carbocycles. The van der Waals surface area contributed by atoms with E-state index >= 15 is 0 Å². The molecule has 0 atom stereocenters. The standard InChI is InChI=1S/C24H26ClN3O6/c1-31-19-12-16(13-20(32-2)24(19)33-3)8-9-23(30)34-15-22(29)27-21-10-11-26-28(21)14-17-6-4-5-7-18(17)25/h4-7,10-13H,8-9,14-15H2,1-3H3,(H,27,29). The van der Waals surface area contributed by atoms with Crippen molar-refractivity contribution < 1.29 is 28.5 Å². The predicted octanol–water partition coefficient (Wildman–Crippen LogP) is 3.73. The highest BCUT2D eigenvalue weighted by molar-refractivity contribution is 6.31. The summed E-state index contributed by atoms with van der Waals surface area (Å²) in [5.74, 6) is 0.965. The zero-order valence-electron chi connectivity index (χ0n) is 19.2. The molecule has 1 heterocycles. The number of hydrogen-bond donors (Lipinski definition) is 1. The number of esters is 1. The van der Waals surface area contributed by atoms with Crippen molar-refractivity contribution in [3.05, 3.63) is 64.8 Å². The molecule has 0 radical (unpaired) electrons. The van der Waals surface area contributed by atoms with Gasteiger partial charge in [0.25, 0.3) is 5.91 Å². The van der Waals surface area contributed by atoms with Gasteiger partial charge in [-0.3, -0.25) is 9.59 Å². The molecule has 0 aliphatic carbocycles. The van der Waals surface area contributed by atoms with Crippen LogP contribution in [0.3, 0.4) is 0 Å². The molecule has 1 amide bonds. The molecule has 0 fully saturated rings. The van der Waals surface area contributed by atoms with Crippen molar-refractivity contribution >= 4 is 29.3 Å². The third-order valence-electron chi connectivity index (χ3n) is 4.97. The van der Waals surface area contributed by atoms with Crippen LogP contribution in [0.2, 0.25) is 5.02 Å². The molecule has 0 aliphatic heterocycles. The van der Waals surface area contributed by atoms with Crippen LogP contribution in [0.4, 0.5) is 5.82 Å². The minimum atomic E-state index is -0.506. The lowest BCUT2D eigenvalue weighted by atomic mass is 10.1. The Kier molecular flexibility index (Phi) is 8.75. The first-order chi connectivity index (χ1) is 16.4. The summed E-state index contributed by atoms with van der Waals surface area (Å²) >= 11 is 6.20. The second-order valence-electron chi connectivity index (χ2n) is 7.21. The van der Waals surface area contributed by atoms with Crippen molar-refractivity contribution in [3.8, 4) is 17.2 Å². The summed E-state index contributed by atoms with van der Waals surface area (Å²) in [5, 5.41) is 7.51. The Balaban J connectivity index is 1.50. The second kappa shape index (κ2) is 11.9. The maximum atomic E-state index is 12.3. The SMILES string of the molecule is COc1cc(CCC(=O)OCC(=O)Nc2ccnn2Cc2ccccc2Cl)cc(OC)c1OC. The van der Waals surface area contributed by atoms with Gasteiger partial charge >= 0.3 is 5.97 Å². The molecule has 0 saturated carbocycles. The van der Waals surface area contributed by atoms with Crippen molar-refractivity contribution in [1.29, 1.82) is 0 Å². The number of methoxy groups -OCH3 is 3. The number of aromatic nitrogens is 2. The van der Waals surface area contributed by atoms with Gasteiger partial charge < -0.3 is 24.3 Å². The molecule has 3 rings (SSSR count). The van der Waals surface area contributed by atoms with Crippen LogP contribution in [0, 0.1) is 0 Å². The lowest BCUT2D eigenvalue weighted by molar-refractivity contribution is -0.147. The molecular formula is C24H26ClN3O6. The topological polar surface area (TPSA) is 101 Å². The molecule has 0 spiro atoms. The minimum absolute atomic E-state index is 0.0797. The average molecular weight is 488 g/mol. The Morgan fingerprint density at radius 1 is 1.03 bits per heavy atom. The van der Waals surface area contributed by atoms with E-state index < -0.39 is 18.5 Å². The van der Waals surface area contributed by atoms with Crippen molar-refractivity contribution in [2.24, 2.45) is 0 Å². The molecule has 1 aromatic heterocycles. The molecule has 0 bridgehead atoms. The summed E-state index contributed by atoms with van der Waals surface area (Å²) in [6.07, 6.45) is 2.02. The highest BCUT2D eigenvalue weighted by atomic mass is 35.5. The third kappa shape index (κ3) is 6.41. The molecule has 1 N–H and O–H groups in total. The third-order valence-corrected chi connectivity index (χ3v) is 5.34. The van der Waals surface area contributed by atoms with Crippen LogP contribution >= 0.6 is 11.6 Å². The Bertz CT molecular complexity index is 1120. The molecule has 0 saturated heterocycles. The molecule has 9 nitrogen and oxygen atoms in total. The van der Waals surface area contributed by atoms with E-state index in [1.807, 2.05) is 18.2 Å². The number of ether oxygens (including phenoxy) is 4. The van der Waals surface area contributed by atoms with Gasteiger partial charge in [0, 0.05) is 17.5 Å². The predicted molar refractivity (Wildman–Crippen MR) is 127 cm³/mol. The first kappa shape index (κ1) is 24.9. The number of benzene rings is 2. The van der Waals surface area contributed by atoms with Crippen molar-refractivity contribution in [3.63, 3.8) is 0 Å². The Hall–Kier alpha value is -3.72. The van der Waals surface area contributed by atoms with Crippen LogP contribution in [-0.4, -0.2) is 49.6 Å². The number of nitrogens with one attached hydrogen (secondary N) is 1. The van der Waals surface area contributed by atoms with Gasteiger partial charge in [0.1, 0.15) is 5.82 Å². The summed E-state index contributed by atoms with van der Waals surface area (Å²) in [5.41, 5.74) is 1.67. The van der Waals surface area contributed by atoms with E-state index in [-0.39, 0.29) is 6.42 Å². The number of aryl methyl sites for hydroxylation is 1. The van der Waals surface area contributed by atoms with Gasteiger partial charge in [0.05, 0.1) is 34.1 Å². The van der Waals surface area contributed by atoms with Crippen LogP contribution in [0.1, 0.15) is 17.5 Å². The highest BCUT2D eigenvalue weighted by Crippen LogP contribution is 2.38. The van der Waals surface area contributed by atoms with E-state index in [0.29, 0.717) is 41.1 Å². The lowest BCUT2D eigenvalue weighted by Gasteiger charge is -2.14. The van der Waals surface area contributed by atoms with Crippen molar-refractivity contribution in [1.82, 2.24) is 9.78 Å².